The number of carboxylic acid groups (broad SMARTS) is 1. The topological polar surface area (TPSA) is 126 Å². The number of pyridine rings is 1. The standard InChI is InChI=1S/C25H27N3O6S/c1-34-23(31)16-8-6-15(7-9-16)20-18-19(25(27-20,24(32)33)11-14-35-2)22(30)28(21(18)29)13-10-17-5-3-4-12-26-17/h3-9,12,18-20,27H,10-11,13-14H2,1-2H3,(H,32,33). The van der Waals surface area contributed by atoms with Crippen molar-refractivity contribution >= 4 is 35.5 Å². The lowest BCUT2D eigenvalue weighted by Gasteiger charge is -2.31. The molecule has 10 heteroatoms. The summed E-state index contributed by atoms with van der Waals surface area (Å²) in [4.78, 5) is 57.1. The van der Waals surface area contributed by atoms with Crippen molar-refractivity contribution < 1.29 is 29.0 Å². The summed E-state index contributed by atoms with van der Waals surface area (Å²) in [6, 6.07) is 11.2. The number of ether oxygens (including phenoxy) is 1. The van der Waals surface area contributed by atoms with Gasteiger partial charge in [-0.1, -0.05) is 18.2 Å². The SMILES string of the molecule is COC(=O)c1ccc(C2NC(CCSC)(C(=O)O)C3C(=O)N(CCc4ccccn4)C(=O)C23)cc1. The highest BCUT2D eigenvalue weighted by molar-refractivity contribution is 7.98. The van der Waals surface area contributed by atoms with Gasteiger partial charge in [-0.05, 0) is 48.3 Å². The van der Waals surface area contributed by atoms with E-state index in [-0.39, 0.29) is 13.0 Å². The van der Waals surface area contributed by atoms with Gasteiger partial charge in [0.15, 0.2) is 0 Å². The Hall–Kier alpha value is -3.24. The maximum absolute atomic E-state index is 13.6. The van der Waals surface area contributed by atoms with Crippen molar-refractivity contribution in [2.24, 2.45) is 11.8 Å². The Labute approximate surface area is 207 Å². The maximum Gasteiger partial charge on any atom is 0.337 e. The van der Waals surface area contributed by atoms with Gasteiger partial charge in [-0.3, -0.25) is 29.6 Å². The second-order valence-corrected chi connectivity index (χ2v) is 9.64. The first kappa shape index (κ1) is 24.9. The molecule has 2 fully saturated rings. The molecule has 2 aliphatic heterocycles. The Bertz CT molecular complexity index is 1130. The molecule has 4 atom stereocenters. The van der Waals surface area contributed by atoms with Crippen molar-refractivity contribution in [2.45, 2.75) is 24.4 Å². The van der Waals surface area contributed by atoms with Gasteiger partial charge in [0, 0.05) is 30.9 Å². The first-order valence-corrected chi connectivity index (χ1v) is 12.7. The third-order valence-electron chi connectivity index (χ3n) is 6.84. The summed E-state index contributed by atoms with van der Waals surface area (Å²) in [7, 11) is 1.29. The van der Waals surface area contributed by atoms with Gasteiger partial charge in [-0.25, -0.2) is 4.79 Å². The molecule has 9 nitrogen and oxygen atoms in total. The van der Waals surface area contributed by atoms with E-state index < -0.39 is 47.2 Å². The van der Waals surface area contributed by atoms with Gasteiger partial charge < -0.3 is 9.84 Å². The van der Waals surface area contributed by atoms with E-state index in [9.17, 15) is 24.3 Å². The zero-order valence-corrected chi connectivity index (χ0v) is 20.3. The second kappa shape index (κ2) is 10.2. The molecule has 2 amide bonds. The Morgan fingerprint density at radius 1 is 1.17 bits per heavy atom. The van der Waals surface area contributed by atoms with E-state index in [1.54, 1.807) is 36.5 Å². The number of nitrogens with zero attached hydrogens (tertiary/aromatic N) is 2. The zero-order valence-electron chi connectivity index (χ0n) is 19.5. The molecule has 0 bridgehead atoms. The quantitative estimate of drug-likeness (QED) is 0.395. The number of rotatable bonds is 9. The fourth-order valence-corrected chi connectivity index (χ4v) is 5.61. The predicted molar refractivity (Wildman–Crippen MR) is 129 cm³/mol. The first-order chi connectivity index (χ1) is 16.8. The minimum Gasteiger partial charge on any atom is -0.480 e. The molecule has 0 spiro atoms. The molecule has 0 radical (unpaired) electrons. The number of benzene rings is 1. The number of hydrogen-bond acceptors (Lipinski definition) is 8. The molecule has 35 heavy (non-hydrogen) atoms. The summed E-state index contributed by atoms with van der Waals surface area (Å²) in [5.41, 5.74) is 0.132. The maximum atomic E-state index is 13.6. The van der Waals surface area contributed by atoms with Crippen molar-refractivity contribution in [3.8, 4) is 0 Å². The number of likely N-dealkylation sites (tertiary alicyclic amines) is 1. The highest BCUT2D eigenvalue weighted by atomic mass is 32.2. The molecule has 2 N–H and O–H groups in total. The van der Waals surface area contributed by atoms with Gasteiger partial charge >= 0.3 is 11.9 Å². The van der Waals surface area contributed by atoms with Crippen molar-refractivity contribution in [1.82, 2.24) is 15.2 Å². The summed E-state index contributed by atoms with van der Waals surface area (Å²) in [6.07, 6.45) is 4.09. The molecule has 4 rings (SSSR count). The van der Waals surface area contributed by atoms with Crippen LogP contribution in [-0.4, -0.2) is 69.9 Å². The monoisotopic (exact) mass is 497 g/mol. The van der Waals surface area contributed by atoms with Crippen LogP contribution in [0.3, 0.4) is 0 Å². The van der Waals surface area contributed by atoms with Crippen molar-refractivity contribution in [3.05, 3.63) is 65.5 Å². The van der Waals surface area contributed by atoms with Crippen molar-refractivity contribution in [2.75, 3.05) is 25.7 Å². The van der Waals surface area contributed by atoms with E-state index in [0.717, 1.165) is 5.69 Å². The number of imide groups is 1. The smallest absolute Gasteiger partial charge is 0.337 e. The molecule has 1 aromatic heterocycles. The van der Waals surface area contributed by atoms with Crippen LogP contribution in [0.15, 0.2) is 48.7 Å². The molecule has 2 aromatic rings. The lowest BCUT2D eigenvalue weighted by atomic mass is 9.78. The van der Waals surface area contributed by atoms with Gasteiger partial charge in [-0.15, -0.1) is 0 Å². The van der Waals surface area contributed by atoms with Crippen LogP contribution in [0.4, 0.5) is 0 Å². The molecule has 184 valence electrons. The number of esters is 1. The molecule has 3 heterocycles. The highest BCUT2D eigenvalue weighted by Crippen LogP contribution is 2.50. The summed E-state index contributed by atoms with van der Waals surface area (Å²) in [6.45, 7) is 0.133. The lowest BCUT2D eigenvalue weighted by molar-refractivity contribution is -0.151. The van der Waals surface area contributed by atoms with Gasteiger partial charge in [0.25, 0.3) is 0 Å². The predicted octanol–water partition coefficient (Wildman–Crippen LogP) is 1.93. The summed E-state index contributed by atoms with van der Waals surface area (Å²) in [5, 5.41) is 13.5. The van der Waals surface area contributed by atoms with E-state index >= 15 is 0 Å². The Balaban J connectivity index is 1.69. The number of fused-ring (bicyclic) bond motifs is 1. The van der Waals surface area contributed by atoms with Crippen LogP contribution in [0.2, 0.25) is 0 Å². The van der Waals surface area contributed by atoms with Crippen LogP contribution in [-0.2, 0) is 25.5 Å². The van der Waals surface area contributed by atoms with Crippen LogP contribution in [0, 0.1) is 11.8 Å². The van der Waals surface area contributed by atoms with Crippen LogP contribution in [0.5, 0.6) is 0 Å². The number of amides is 2. The number of methoxy groups -OCH3 is 1. The van der Waals surface area contributed by atoms with E-state index in [2.05, 4.69) is 10.3 Å². The molecular formula is C25H27N3O6S. The average Bonchev–Trinajstić information content (AvgIpc) is 3.35. The van der Waals surface area contributed by atoms with Crippen LogP contribution in [0.1, 0.15) is 34.1 Å². The molecule has 4 unspecified atom stereocenters. The zero-order chi connectivity index (χ0) is 25.2. The fraction of sp³-hybridized carbons (Fsp3) is 0.400. The highest BCUT2D eigenvalue weighted by Gasteiger charge is 2.68. The Morgan fingerprint density at radius 3 is 2.51 bits per heavy atom. The molecule has 0 aliphatic carbocycles. The fourth-order valence-electron chi connectivity index (χ4n) is 5.08. The normalized spacial score (nSPS) is 25.5. The molecule has 1 aromatic carbocycles. The minimum atomic E-state index is -1.58. The Morgan fingerprint density at radius 2 is 1.91 bits per heavy atom. The number of aliphatic carboxylic acids is 1. The average molecular weight is 498 g/mol. The van der Waals surface area contributed by atoms with E-state index in [1.807, 2.05) is 18.4 Å². The number of thioether (sulfide) groups is 1. The molecule has 2 aliphatic rings. The molecular weight excluding hydrogens is 470 g/mol. The van der Waals surface area contributed by atoms with Gasteiger partial charge in [0.2, 0.25) is 11.8 Å². The Kier molecular flexibility index (Phi) is 7.23. The van der Waals surface area contributed by atoms with Crippen molar-refractivity contribution in [1.29, 1.82) is 0 Å². The number of carbonyl (C=O) groups is 4. The summed E-state index contributed by atoms with van der Waals surface area (Å²) >= 11 is 1.48. The van der Waals surface area contributed by atoms with Crippen LogP contribution < -0.4 is 5.32 Å². The second-order valence-electron chi connectivity index (χ2n) is 8.66. The number of carboxylic acids is 1. The number of aromatic nitrogens is 1. The lowest BCUT2D eigenvalue weighted by Crippen LogP contribution is -2.56. The largest absolute Gasteiger partial charge is 0.480 e. The van der Waals surface area contributed by atoms with Gasteiger partial charge in [-0.2, -0.15) is 11.8 Å². The first-order valence-electron chi connectivity index (χ1n) is 11.3. The minimum absolute atomic E-state index is 0.133. The summed E-state index contributed by atoms with van der Waals surface area (Å²) in [5.74, 6) is -3.91. The summed E-state index contributed by atoms with van der Waals surface area (Å²) < 4.78 is 4.74. The van der Waals surface area contributed by atoms with Gasteiger partial charge in [0.1, 0.15) is 5.54 Å². The van der Waals surface area contributed by atoms with Crippen LogP contribution >= 0.6 is 11.8 Å². The third-order valence-corrected chi connectivity index (χ3v) is 7.45. The number of hydrogen-bond donors (Lipinski definition) is 2. The van der Waals surface area contributed by atoms with Crippen LogP contribution in [0.25, 0.3) is 0 Å². The third kappa shape index (κ3) is 4.43. The van der Waals surface area contributed by atoms with Crippen molar-refractivity contribution in [3.63, 3.8) is 0 Å². The van der Waals surface area contributed by atoms with E-state index in [1.165, 1.54) is 23.8 Å². The number of nitrogens with one attached hydrogen (secondary N) is 1. The molecule has 2 saturated heterocycles. The molecule has 0 saturated carbocycles. The number of carbonyl (C=O) groups excluding carboxylic acids is 3. The van der Waals surface area contributed by atoms with E-state index in [0.29, 0.717) is 23.3 Å². The van der Waals surface area contributed by atoms with E-state index in [4.69, 9.17) is 4.74 Å². The van der Waals surface area contributed by atoms with Gasteiger partial charge in [0.05, 0.1) is 24.5 Å².